The average Bonchev–Trinajstić information content (AvgIpc) is 3.02. The molecule has 1 spiro atoms. The number of piperidine rings is 1. The zero-order valence-electron chi connectivity index (χ0n) is 14.5. The van der Waals surface area contributed by atoms with Gasteiger partial charge in [-0.05, 0) is 25.7 Å². The Kier molecular flexibility index (Phi) is 5.58. The third kappa shape index (κ3) is 4.30. The van der Waals surface area contributed by atoms with E-state index in [4.69, 9.17) is 15.2 Å². The Labute approximate surface area is 147 Å². The highest BCUT2D eigenvalue weighted by Crippen LogP contribution is 2.37. The molecule has 8 heteroatoms. The lowest BCUT2D eigenvalue weighted by atomic mass is 9.94. The largest absolute Gasteiger partial charge is 0.369 e. The van der Waals surface area contributed by atoms with Gasteiger partial charge < -0.3 is 25.4 Å². The summed E-state index contributed by atoms with van der Waals surface area (Å²) in [5, 5.41) is 2.65. The van der Waals surface area contributed by atoms with Crippen LogP contribution < -0.4 is 11.1 Å². The Morgan fingerprint density at radius 3 is 2.44 bits per heavy atom. The summed E-state index contributed by atoms with van der Waals surface area (Å²) in [6, 6.07) is 0. The Morgan fingerprint density at radius 2 is 1.80 bits per heavy atom. The maximum absolute atomic E-state index is 12.2. The highest BCUT2D eigenvalue weighted by atomic mass is 16.7. The first-order valence-corrected chi connectivity index (χ1v) is 9.17. The van der Waals surface area contributed by atoms with Crippen molar-refractivity contribution in [1.29, 1.82) is 0 Å². The lowest BCUT2D eigenvalue weighted by Crippen LogP contribution is -2.49. The molecular weight excluding hydrogens is 326 g/mol. The number of likely N-dealkylation sites (tertiary alicyclic amines) is 1. The van der Waals surface area contributed by atoms with Gasteiger partial charge in [-0.3, -0.25) is 14.4 Å². The van der Waals surface area contributed by atoms with Crippen LogP contribution in [0.2, 0.25) is 0 Å². The highest BCUT2D eigenvalue weighted by molar-refractivity contribution is 6.35. The molecule has 8 nitrogen and oxygen atoms in total. The fourth-order valence-corrected chi connectivity index (χ4v) is 3.86. The number of hydrogen-bond donors (Lipinski definition) is 2. The predicted octanol–water partition coefficient (Wildman–Crippen LogP) is -0.0977. The first-order chi connectivity index (χ1) is 12.0. The number of nitrogens with zero attached hydrogens (tertiary/aromatic N) is 1. The molecule has 0 bridgehead atoms. The summed E-state index contributed by atoms with van der Waals surface area (Å²) in [6.07, 6.45) is 5.99. The summed E-state index contributed by atoms with van der Waals surface area (Å²) in [5.74, 6) is -2.22. The van der Waals surface area contributed by atoms with Gasteiger partial charge in [0.1, 0.15) is 6.10 Å². The van der Waals surface area contributed by atoms with Crippen molar-refractivity contribution in [2.24, 2.45) is 11.7 Å². The average molecular weight is 353 g/mol. The van der Waals surface area contributed by atoms with Crippen LogP contribution in [0.1, 0.15) is 44.9 Å². The van der Waals surface area contributed by atoms with Gasteiger partial charge in [-0.15, -0.1) is 0 Å². The van der Waals surface area contributed by atoms with Crippen molar-refractivity contribution in [2.45, 2.75) is 56.8 Å². The van der Waals surface area contributed by atoms with Gasteiger partial charge in [0.05, 0.1) is 6.61 Å². The molecule has 140 valence electrons. The molecule has 1 aliphatic carbocycles. The Hall–Kier alpha value is -1.67. The SMILES string of the molecule is NC(=O)C1CCN(C(=O)C(=O)NC[C@H]2COC3(CCCCC3)O2)CC1. The first-order valence-electron chi connectivity index (χ1n) is 9.17. The van der Waals surface area contributed by atoms with Crippen molar-refractivity contribution in [2.75, 3.05) is 26.2 Å². The van der Waals surface area contributed by atoms with E-state index < -0.39 is 17.6 Å². The van der Waals surface area contributed by atoms with E-state index in [1.807, 2.05) is 0 Å². The van der Waals surface area contributed by atoms with Crippen LogP contribution in [0.3, 0.4) is 0 Å². The van der Waals surface area contributed by atoms with E-state index in [2.05, 4.69) is 5.32 Å². The normalized spacial score (nSPS) is 26.6. The maximum atomic E-state index is 12.2. The number of ether oxygens (including phenoxy) is 2. The van der Waals surface area contributed by atoms with E-state index in [0.29, 0.717) is 32.5 Å². The van der Waals surface area contributed by atoms with Crippen molar-refractivity contribution < 1.29 is 23.9 Å². The second-order valence-corrected chi connectivity index (χ2v) is 7.20. The minimum atomic E-state index is -0.634. The molecule has 0 radical (unpaired) electrons. The molecule has 1 saturated carbocycles. The smallest absolute Gasteiger partial charge is 0.311 e. The quantitative estimate of drug-likeness (QED) is 0.689. The summed E-state index contributed by atoms with van der Waals surface area (Å²) in [6.45, 7) is 1.47. The summed E-state index contributed by atoms with van der Waals surface area (Å²) >= 11 is 0. The number of hydrogen-bond acceptors (Lipinski definition) is 5. The van der Waals surface area contributed by atoms with Crippen LogP contribution in [0.25, 0.3) is 0 Å². The molecule has 3 rings (SSSR count). The van der Waals surface area contributed by atoms with Crippen LogP contribution in [0.5, 0.6) is 0 Å². The van der Waals surface area contributed by atoms with Crippen LogP contribution in [0.4, 0.5) is 0 Å². The van der Waals surface area contributed by atoms with Gasteiger partial charge in [0, 0.05) is 38.4 Å². The number of primary amides is 1. The number of amides is 3. The second-order valence-electron chi connectivity index (χ2n) is 7.20. The van der Waals surface area contributed by atoms with Crippen LogP contribution in [-0.4, -0.2) is 60.8 Å². The lowest BCUT2D eigenvalue weighted by Gasteiger charge is -2.32. The van der Waals surface area contributed by atoms with Crippen LogP contribution in [-0.2, 0) is 23.9 Å². The number of carbonyl (C=O) groups excluding carboxylic acids is 3. The van der Waals surface area contributed by atoms with Gasteiger partial charge in [0.2, 0.25) is 5.91 Å². The van der Waals surface area contributed by atoms with E-state index in [1.165, 1.54) is 11.3 Å². The molecule has 1 atom stereocenters. The molecule has 2 aliphatic heterocycles. The third-order valence-electron chi connectivity index (χ3n) is 5.40. The summed E-state index contributed by atoms with van der Waals surface area (Å²) in [5.41, 5.74) is 5.28. The molecule has 0 unspecified atom stereocenters. The summed E-state index contributed by atoms with van der Waals surface area (Å²) in [4.78, 5) is 36.9. The monoisotopic (exact) mass is 353 g/mol. The van der Waals surface area contributed by atoms with E-state index in [0.717, 1.165) is 25.7 Å². The van der Waals surface area contributed by atoms with Crippen molar-refractivity contribution in [1.82, 2.24) is 10.2 Å². The molecule has 2 heterocycles. The fourth-order valence-electron chi connectivity index (χ4n) is 3.86. The van der Waals surface area contributed by atoms with E-state index in [9.17, 15) is 14.4 Å². The maximum Gasteiger partial charge on any atom is 0.311 e. The van der Waals surface area contributed by atoms with Crippen molar-refractivity contribution in [3.8, 4) is 0 Å². The molecular formula is C17H27N3O5. The van der Waals surface area contributed by atoms with Crippen LogP contribution in [0, 0.1) is 5.92 Å². The van der Waals surface area contributed by atoms with Gasteiger partial charge in [0.15, 0.2) is 5.79 Å². The number of carbonyl (C=O) groups is 3. The number of rotatable bonds is 3. The van der Waals surface area contributed by atoms with E-state index in [-0.39, 0.29) is 24.5 Å². The van der Waals surface area contributed by atoms with Gasteiger partial charge in [-0.2, -0.15) is 0 Å². The Morgan fingerprint density at radius 1 is 1.12 bits per heavy atom. The molecule has 0 aromatic carbocycles. The van der Waals surface area contributed by atoms with Crippen molar-refractivity contribution >= 4 is 17.7 Å². The summed E-state index contributed by atoms with van der Waals surface area (Å²) in [7, 11) is 0. The molecule has 25 heavy (non-hydrogen) atoms. The molecule has 3 N–H and O–H groups in total. The molecule has 0 aromatic heterocycles. The Bertz CT molecular complexity index is 524. The lowest BCUT2D eigenvalue weighted by molar-refractivity contribution is -0.186. The van der Waals surface area contributed by atoms with Crippen LogP contribution >= 0.6 is 0 Å². The number of nitrogens with one attached hydrogen (secondary N) is 1. The minimum absolute atomic E-state index is 0.206. The molecule has 3 aliphatic rings. The van der Waals surface area contributed by atoms with Crippen LogP contribution in [0.15, 0.2) is 0 Å². The van der Waals surface area contributed by atoms with Crippen molar-refractivity contribution in [3.05, 3.63) is 0 Å². The number of nitrogens with two attached hydrogens (primary N) is 1. The topological polar surface area (TPSA) is 111 Å². The second kappa shape index (κ2) is 7.70. The zero-order valence-corrected chi connectivity index (χ0v) is 14.5. The first kappa shape index (κ1) is 18.1. The standard InChI is InChI=1S/C17H27N3O5/c18-14(21)12-4-8-20(9-5-12)16(23)15(22)19-10-13-11-24-17(25-13)6-2-1-3-7-17/h12-13H,1-11H2,(H2,18,21)(H,19,22)/t13-/m0/s1. The minimum Gasteiger partial charge on any atom is -0.369 e. The molecule has 2 saturated heterocycles. The molecule has 0 aromatic rings. The molecule has 3 fully saturated rings. The van der Waals surface area contributed by atoms with Crippen molar-refractivity contribution in [3.63, 3.8) is 0 Å². The highest BCUT2D eigenvalue weighted by Gasteiger charge is 2.42. The van der Waals surface area contributed by atoms with E-state index in [1.54, 1.807) is 0 Å². The van der Waals surface area contributed by atoms with Gasteiger partial charge in [0.25, 0.3) is 0 Å². The van der Waals surface area contributed by atoms with Gasteiger partial charge in [-0.1, -0.05) is 6.42 Å². The predicted molar refractivity (Wildman–Crippen MR) is 88.1 cm³/mol. The molecule has 3 amide bonds. The summed E-state index contributed by atoms with van der Waals surface area (Å²) < 4.78 is 11.8. The van der Waals surface area contributed by atoms with Gasteiger partial charge >= 0.3 is 11.8 Å². The van der Waals surface area contributed by atoms with E-state index >= 15 is 0 Å². The van der Waals surface area contributed by atoms with Gasteiger partial charge in [-0.25, -0.2) is 0 Å². The zero-order chi connectivity index (χ0) is 17.9. The third-order valence-corrected chi connectivity index (χ3v) is 5.40. The fraction of sp³-hybridized carbons (Fsp3) is 0.824. The Balaban J connectivity index is 1.41.